The zero-order valence-electron chi connectivity index (χ0n) is 14.1. The maximum atomic E-state index is 12.4. The fourth-order valence-electron chi connectivity index (χ4n) is 2.55. The van der Waals surface area contributed by atoms with Gasteiger partial charge in [0.05, 0.1) is 11.5 Å². The fourth-order valence-corrected chi connectivity index (χ4v) is 2.55. The number of para-hydroxylation sites is 1. The van der Waals surface area contributed by atoms with Gasteiger partial charge in [-0.2, -0.15) is 0 Å². The van der Waals surface area contributed by atoms with Gasteiger partial charge in [0.25, 0.3) is 5.69 Å². The molecule has 0 aromatic heterocycles. The molecule has 0 heterocycles. The highest BCUT2D eigenvalue weighted by molar-refractivity contribution is 5.95. The number of nitro groups is 1. The Hall–Kier alpha value is -2.89. The number of carbonyl (C=O) groups excluding carboxylic acids is 1. The molecule has 0 fully saturated rings. The Morgan fingerprint density at radius 2 is 1.88 bits per heavy atom. The topological polar surface area (TPSA) is 75.5 Å². The molecule has 0 bridgehead atoms. The zero-order chi connectivity index (χ0) is 17.7. The molecule has 1 N–H and O–H groups in total. The molecule has 0 aliphatic rings. The molecule has 126 valence electrons. The SMILES string of the molecule is CCN(CC(=O)Nc1ccc([N+](=O)[O-])cc1C)c1ccccc1C. The lowest BCUT2D eigenvalue weighted by Crippen LogP contribution is -2.33. The highest BCUT2D eigenvalue weighted by Gasteiger charge is 2.14. The Balaban J connectivity index is 2.10. The third-order valence-electron chi connectivity index (χ3n) is 3.87. The van der Waals surface area contributed by atoms with Crippen molar-refractivity contribution in [1.82, 2.24) is 0 Å². The first-order valence-electron chi connectivity index (χ1n) is 7.77. The molecule has 0 radical (unpaired) electrons. The van der Waals surface area contributed by atoms with Gasteiger partial charge in [-0.1, -0.05) is 18.2 Å². The highest BCUT2D eigenvalue weighted by Crippen LogP contribution is 2.22. The molecule has 0 aliphatic carbocycles. The largest absolute Gasteiger partial charge is 0.362 e. The number of carbonyl (C=O) groups is 1. The summed E-state index contributed by atoms with van der Waals surface area (Å²) >= 11 is 0. The van der Waals surface area contributed by atoms with E-state index in [4.69, 9.17) is 0 Å². The van der Waals surface area contributed by atoms with Crippen LogP contribution in [0.25, 0.3) is 0 Å². The van der Waals surface area contributed by atoms with Crippen LogP contribution < -0.4 is 10.2 Å². The van der Waals surface area contributed by atoms with Crippen molar-refractivity contribution in [1.29, 1.82) is 0 Å². The van der Waals surface area contributed by atoms with E-state index in [0.717, 1.165) is 11.3 Å². The number of hydrogen-bond acceptors (Lipinski definition) is 4. The molecule has 0 unspecified atom stereocenters. The molecule has 2 aromatic carbocycles. The van der Waals surface area contributed by atoms with Gasteiger partial charge in [-0.15, -0.1) is 0 Å². The quantitative estimate of drug-likeness (QED) is 0.649. The lowest BCUT2D eigenvalue weighted by atomic mass is 10.1. The molecular weight excluding hydrogens is 306 g/mol. The summed E-state index contributed by atoms with van der Waals surface area (Å²) in [6.45, 7) is 6.67. The Labute approximate surface area is 141 Å². The van der Waals surface area contributed by atoms with Gasteiger partial charge in [-0.3, -0.25) is 14.9 Å². The molecule has 2 aromatic rings. The standard InChI is InChI=1S/C18H21N3O3/c1-4-20(17-8-6-5-7-13(17)2)12-18(22)19-16-10-9-15(21(23)24)11-14(16)3/h5-11H,4,12H2,1-3H3,(H,19,22). The van der Waals surface area contributed by atoms with Gasteiger partial charge < -0.3 is 10.2 Å². The van der Waals surface area contributed by atoms with E-state index in [1.807, 2.05) is 43.0 Å². The van der Waals surface area contributed by atoms with Crippen LogP contribution in [0.4, 0.5) is 17.1 Å². The van der Waals surface area contributed by atoms with E-state index < -0.39 is 4.92 Å². The van der Waals surface area contributed by atoms with E-state index in [1.165, 1.54) is 12.1 Å². The van der Waals surface area contributed by atoms with Gasteiger partial charge in [-0.25, -0.2) is 0 Å². The van der Waals surface area contributed by atoms with Gasteiger partial charge in [0.2, 0.25) is 5.91 Å². The second kappa shape index (κ2) is 7.59. The molecule has 0 saturated heterocycles. The van der Waals surface area contributed by atoms with Gasteiger partial charge in [0.1, 0.15) is 0 Å². The van der Waals surface area contributed by atoms with E-state index in [2.05, 4.69) is 5.32 Å². The first kappa shape index (κ1) is 17.5. The fraction of sp³-hybridized carbons (Fsp3) is 0.278. The minimum absolute atomic E-state index is 0.0144. The molecular formula is C18H21N3O3. The minimum atomic E-state index is -0.449. The van der Waals surface area contributed by atoms with Crippen LogP contribution in [-0.4, -0.2) is 23.9 Å². The maximum Gasteiger partial charge on any atom is 0.269 e. The summed E-state index contributed by atoms with van der Waals surface area (Å²) in [5, 5.41) is 13.6. The van der Waals surface area contributed by atoms with Crippen molar-refractivity contribution < 1.29 is 9.72 Å². The Morgan fingerprint density at radius 1 is 1.17 bits per heavy atom. The number of non-ortho nitro benzene ring substituents is 1. The number of amides is 1. The first-order chi connectivity index (χ1) is 11.4. The summed E-state index contributed by atoms with van der Waals surface area (Å²) < 4.78 is 0. The van der Waals surface area contributed by atoms with Crippen molar-refractivity contribution in [3.05, 3.63) is 63.7 Å². The van der Waals surface area contributed by atoms with Crippen molar-refractivity contribution in [3.63, 3.8) is 0 Å². The van der Waals surface area contributed by atoms with Crippen LogP contribution in [0.3, 0.4) is 0 Å². The summed E-state index contributed by atoms with van der Waals surface area (Å²) in [5.74, 6) is -0.156. The number of anilines is 2. The summed E-state index contributed by atoms with van der Waals surface area (Å²) in [6, 6.07) is 12.3. The van der Waals surface area contributed by atoms with Gasteiger partial charge in [0, 0.05) is 30.1 Å². The number of nitrogens with one attached hydrogen (secondary N) is 1. The summed E-state index contributed by atoms with van der Waals surface area (Å²) in [7, 11) is 0. The van der Waals surface area contributed by atoms with Crippen molar-refractivity contribution in [2.24, 2.45) is 0 Å². The molecule has 0 saturated carbocycles. The zero-order valence-corrected chi connectivity index (χ0v) is 14.1. The average molecular weight is 327 g/mol. The second-order valence-electron chi connectivity index (χ2n) is 5.61. The number of benzene rings is 2. The lowest BCUT2D eigenvalue weighted by Gasteiger charge is -2.24. The Bertz CT molecular complexity index is 759. The number of nitrogens with zero attached hydrogens (tertiary/aromatic N) is 2. The third-order valence-corrected chi connectivity index (χ3v) is 3.87. The van der Waals surface area contributed by atoms with Gasteiger partial charge >= 0.3 is 0 Å². The normalized spacial score (nSPS) is 10.3. The van der Waals surface area contributed by atoms with Gasteiger partial charge in [0.15, 0.2) is 0 Å². The number of nitro benzene ring substituents is 1. The number of rotatable bonds is 6. The van der Waals surface area contributed by atoms with E-state index >= 15 is 0 Å². The Kier molecular flexibility index (Phi) is 5.52. The van der Waals surface area contributed by atoms with Gasteiger partial charge in [-0.05, 0) is 44.0 Å². The van der Waals surface area contributed by atoms with Crippen LogP contribution in [0, 0.1) is 24.0 Å². The van der Waals surface area contributed by atoms with E-state index in [-0.39, 0.29) is 18.1 Å². The number of likely N-dealkylation sites (N-methyl/N-ethyl adjacent to an activating group) is 1. The maximum absolute atomic E-state index is 12.4. The second-order valence-corrected chi connectivity index (χ2v) is 5.61. The molecule has 6 nitrogen and oxygen atoms in total. The molecule has 0 spiro atoms. The number of hydrogen-bond donors (Lipinski definition) is 1. The van der Waals surface area contributed by atoms with E-state index in [9.17, 15) is 14.9 Å². The predicted octanol–water partition coefficient (Wildman–Crippen LogP) is 3.68. The summed E-state index contributed by atoms with van der Waals surface area (Å²) in [4.78, 5) is 24.7. The molecule has 0 aliphatic heterocycles. The lowest BCUT2D eigenvalue weighted by molar-refractivity contribution is -0.384. The molecule has 2 rings (SSSR count). The van der Waals surface area contributed by atoms with Crippen LogP contribution in [0.1, 0.15) is 18.1 Å². The highest BCUT2D eigenvalue weighted by atomic mass is 16.6. The number of aryl methyl sites for hydroxylation is 2. The minimum Gasteiger partial charge on any atom is -0.362 e. The van der Waals surface area contributed by atoms with Crippen molar-refractivity contribution in [3.8, 4) is 0 Å². The van der Waals surface area contributed by atoms with E-state index in [1.54, 1.807) is 13.0 Å². The molecule has 6 heteroatoms. The van der Waals surface area contributed by atoms with Crippen molar-refractivity contribution >= 4 is 23.0 Å². The predicted molar refractivity (Wildman–Crippen MR) is 95.5 cm³/mol. The van der Waals surface area contributed by atoms with Crippen LogP contribution in [0.5, 0.6) is 0 Å². The van der Waals surface area contributed by atoms with E-state index in [0.29, 0.717) is 17.8 Å². The first-order valence-corrected chi connectivity index (χ1v) is 7.77. The Morgan fingerprint density at radius 3 is 2.46 bits per heavy atom. The smallest absolute Gasteiger partial charge is 0.269 e. The van der Waals surface area contributed by atoms with Crippen LogP contribution >= 0.6 is 0 Å². The van der Waals surface area contributed by atoms with Crippen LogP contribution in [0.15, 0.2) is 42.5 Å². The van der Waals surface area contributed by atoms with Crippen LogP contribution in [0.2, 0.25) is 0 Å². The summed E-state index contributed by atoms with van der Waals surface area (Å²) in [5.41, 5.74) is 3.40. The average Bonchev–Trinajstić information content (AvgIpc) is 2.55. The molecule has 0 atom stereocenters. The van der Waals surface area contributed by atoms with Crippen molar-refractivity contribution in [2.45, 2.75) is 20.8 Å². The molecule has 24 heavy (non-hydrogen) atoms. The molecule has 1 amide bonds. The third kappa shape index (κ3) is 4.10. The monoisotopic (exact) mass is 327 g/mol. The summed E-state index contributed by atoms with van der Waals surface area (Å²) in [6.07, 6.45) is 0. The van der Waals surface area contributed by atoms with Crippen LogP contribution in [-0.2, 0) is 4.79 Å². The van der Waals surface area contributed by atoms with Crippen molar-refractivity contribution in [2.75, 3.05) is 23.3 Å².